The van der Waals surface area contributed by atoms with Crippen LogP contribution in [-0.4, -0.2) is 26.9 Å². The Kier molecular flexibility index (Phi) is 6.61. The van der Waals surface area contributed by atoms with Crippen molar-refractivity contribution in [1.82, 2.24) is 0 Å². The van der Waals surface area contributed by atoms with Crippen molar-refractivity contribution >= 4 is 7.82 Å². The summed E-state index contributed by atoms with van der Waals surface area (Å²) in [6.07, 6.45) is 0.763. The highest BCUT2D eigenvalue weighted by Gasteiger charge is 2.23. The minimum Gasteiger partial charge on any atom is -0.328 e. The Morgan fingerprint density at radius 1 is 1.33 bits per heavy atom. The second kappa shape index (κ2) is 6.57. The van der Waals surface area contributed by atoms with Crippen LogP contribution in [0.15, 0.2) is 0 Å². The van der Waals surface area contributed by atoms with Crippen molar-refractivity contribution in [2.24, 2.45) is 5.73 Å². The molecule has 0 spiro atoms. The van der Waals surface area contributed by atoms with Crippen molar-refractivity contribution in [3.63, 3.8) is 0 Å². The lowest BCUT2D eigenvalue weighted by Crippen LogP contribution is -2.09. The molecule has 0 aliphatic carbocycles. The predicted molar refractivity (Wildman–Crippen MR) is 45.9 cm³/mol. The lowest BCUT2D eigenvalue weighted by molar-refractivity contribution is 0.134. The number of hydrogen-bond acceptors (Lipinski definition) is 5. The van der Waals surface area contributed by atoms with Crippen LogP contribution in [0.4, 0.5) is 0 Å². The van der Waals surface area contributed by atoms with Crippen molar-refractivity contribution in [1.29, 1.82) is 0 Å². The second-order valence-corrected chi connectivity index (χ2v) is 3.86. The summed E-state index contributed by atoms with van der Waals surface area (Å²) in [4.78, 5) is 0. The quantitative estimate of drug-likeness (QED) is 0.619. The summed E-state index contributed by atoms with van der Waals surface area (Å²) in [6.45, 7) is 2.73. The predicted octanol–water partition coefficient (Wildman–Crippen LogP) is 1.14. The largest absolute Gasteiger partial charge is 0.474 e. The molecule has 0 bridgehead atoms. The zero-order valence-corrected chi connectivity index (χ0v) is 8.38. The van der Waals surface area contributed by atoms with E-state index in [0.29, 0.717) is 13.2 Å². The lowest BCUT2D eigenvalue weighted by atomic mass is 10.5. The minimum absolute atomic E-state index is 0.175. The van der Waals surface area contributed by atoms with Crippen LogP contribution in [0, 0.1) is 0 Å². The Hall–Kier alpha value is 0.0700. The summed E-state index contributed by atoms with van der Waals surface area (Å²) in [7, 11) is -2.03. The molecule has 0 aliphatic rings. The molecule has 1 unspecified atom stereocenters. The molecular formula is C6H16NO4P. The van der Waals surface area contributed by atoms with E-state index in [-0.39, 0.29) is 6.61 Å². The zero-order valence-electron chi connectivity index (χ0n) is 7.49. The fraction of sp³-hybridized carbons (Fsp3) is 1.00. The molecule has 5 nitrogen and oxygen atoms in total. The van der Waals surface area contributed by atoms with Gasteiger partial charge in [0.1, 0.15) is 0 Å². The molecule has 12 heavy (non-hydrogen) atoms. The second-order valence-electron chi connectivity index (χ2n) is 2.08. The van der Waals surface area contributed by atoms with Gasteiger partial charge >= 0.3 is 7.82 Å². The van der Waals surface area contributed by atoms with E-state index in [1.165, 1.54) is 7.11 Å². The Morgan fingerprint density at radius 3 is 2.33 bits per heavy atom. The number of phosphoric acid groups is 1. The molecule has 6 heteroatoms. The van der Waals surface area contributed by atoms with Gasteiger partial charge in [-0.25, -0.2) is 4.57 Å². The minimum atomic E-state index is -3.31. The SMILES string of the molecule is CCCOP(=O)(OC)OCCN. The number of rotatable bonds is 7. The fourth-order valence-electron chi connectivity index (χ4n) is 0.510. The summed E-state index contributed by atoms with van der Waals surface area (Å²) in [5.41, 5.74) is 5.16. The molecule has 0 aromatic carbocycles. The Labute approximate surface area is 72.8 Å². The lowest BCUT2D eigenvalue weighted by Gasteiger charge is -2.14. The van der Waals surface area contributed by atoms with Crippen LogP contribution in [0.2, 0.25) is 0 Å². The van der Waals surface area contributed by atoms with E-state index in [9.17, 15) is 4.57 Å². The zero-order chi connectivity index (χ0) is 9.45. The molecule has 0 aliphatic heterocycles. The van der Waals surface area contributed by atoms with Crippen LogP contribution < -0.4 is 5.73 Å². The van der Waals surface area contributed by atoms with Gasteiger partial charge < -0.3 is 5.73 Å². The summed E-state index contributed by atoms with van der Waals surface area (Å²) in [5, 5.41) is 0. The van der Waals surface area contributed by atoms with Crippen LogP contribution in [0.5, 0.6) is 0 Å². The highest BCUT2D eigenvalue weighted by atomic mass is 31.2. The monoisotopic (exact) mass is 197 g/mol. The maximum atomic E-state index is 11.4. The maximum absolute atomic E-state index is 11.4. The van der Waals surface area contributed by atoms with Crippen LogP contribution in [0.1, 0.15) is 13.3 Å². The Bertz CT molecular complexity index is 140. The summed E-state index contributed by atoms with van der Waals surface area (Å²) in [5.74, 6) is 0. The molecule has 1 atom stereocenters. The molecule has 0 fully saturated rings. The number of hydrogen-bond donors (Lipinski definition) is 1. The molecule has 0 saturated heterocycles. The van der Waals surface area contributed by atoms with Crippen molar-refractivity contribution < 1.29 is 18.1 Å². The highest BCUT2D eigenvalue weighted by molar-refractivity contribution is 7.48. The topological polar surface area (TPSA) is 70.8 Å². The maximum Gasteiger partial charge on any atom is 0.474 e. The number of nitrogens with two attached hydrogens (primary N) is 1. The van der Waals surface area contributed by atoms with Gasteiger partial charge in [0.15, 0.2) is 0 Å². The van der Waals surface area contributed by atoms with Crippen molar-refractivity contribution in [3.8, 4) is 0 Å². The highest BCUT2D eigenvalue weighted by Crippen LogP contribution is 2.48. The van der Waals surface area contributed by atoms with Crippen LogP contribution in [-0.2, 0) is 18.1 Å². The van der Waals surface area contributed by atoms with Gasteiger partial charge in [0.2, 0.25) is 0 Å². The first kappa shape index (κ1) is 12.1. The molecule has 0 radical (unpaired) electrons. The van der Waals surface area contributed by atoms with E-state index in [2.05, 4.69) is 4.52 Å². The van der Waals surface area contributed by atoms with E-state index < -0.39 is 7.82 Å². The molecule has 0 saturated carbocycles. The molecule has 0 amide bonds. The third-order valence-corrected chi connectivity index (χ3v) is 2.49. The van der Waals surface area contributed by atoms with Crippen LogP contribution in [0.25, 0.3) is 0 Å². The van der Waals surface area contributed by atoms with E-state index in [0.717, 1.165) is 6.42 Å². The van der Waals surface area contributed by atoms with E-state index in [1.54, 1.807) is 0 Å². The van der Waals surface area contributed by atoms with E-state index in [1.807, 2.05) is 6.92 Å². The summed E-state index contributed by atoms with van der Waals surface area (Å²) in [6, 6.07) is 0. The number of phosphoric ester groups is 1. The standard InChI is InChI=1S/C6H16NO4P/c1-3-5-10-12(8,9-2)11-6-4-7/h3-7H2,1-2H3. The van der Waals surface area contributed by atoms with Crippen molar-refractivity contribution in [2.75, 3.05) is 26.9 Å². The molecule has 0 heterocycles. The molecule has 2 N–H and O–H groups in total. The van der Waals surface area contributed by atoms with Gasteiger partial charge in [0.05, 0.1) is 13.2 Å². The Morgan fingerprint density at radius 2 is 1.92 bits per heavy atom. The molecule has 74 valence electrons. The smallest absolute Gasteiger partial charge is 0.328 e. The third kappa shape index (κ3) is 4.85. The first-order valence-corrected chi connectivity index (χ1v) is 5.29. The molecule has 0 aromatic rings. The fourth-order valence-corrected chi connectivity index (χ4v) is 1.53. The van der Waals surface area contributed by atoms with Gasteiger partial charge in [-0.2, -0.15) is 0 Å². The first-order valence-electron chi connectivity index (χ1n) is 3.83. The summed E-state index contributed by atoms with van der Waals surface area (Å²) < 4.78 is 25.7. The van der Waals surface area contributed by atoms with Gasteiger partial charge in [-0.1, -0.05) is 6.92 Å². The van der Waals surface area contributed by atoms with Gasteiger partial charge in [0.25, 0.3) is 0 Å². The van der Waals surface area contributed by atoms with Gasteiger partial charge in [0, 0.05) is 13.7 Å². The van der Waals surface area contributed by atoms with Crippen molar-refractivity contribution in [3.05, 3.63) is 0 Å². The van der Waals surface area contributed by atoms with Crippen LogP contribution in [0.3, 0.4) is 0 Å². The van der Waals surface area contributed by atoms with Crippen LogP contribution >= 0.6 is 7.82 Å². The van der Waals surface area contributed by atoms with E-state index in [4.69, 9.17) is 14.8 Å². The average Bonchev–Trinajstić information content (AvgIpc) is 2.11. The van der Waals surface area contributed by atoms with Crippen molar-refractivity contribution in [2.45, 2.75) is 13.3 Å². The normalized spacial score (nSPS) is 15.9. The van der Waals surface area contributed by atoms with E-state index >= 15 is 0 Å². The van der Waals surface area contributed by atoms with Gasteiger partial charge in [-0.15, -0.1) is 0 Å². The molecular weight excluding hydrogens is 181 g/mol. The third-order valence-electron chi connectivity index (χ3n) is 1.04. The molecule has 0 rings (SSSR count). The average molecular weight is 197 g/mol. The molecule has 0 aromatic heterocycles. The van der Waals surface area contributed by atoms with Gasteiger partial charge in [-0.3, -0.25) is 13.6 Å². The first-order chi connectivity index (χ1) is 5.68. The van der Waals surface area contributed by atoms with Gasteiger partial charge in [-0.05, 0) is 6.42 Å². The summed E-state index contributed by atoms with van der Waals surface area (Å²) >= 11 is 0. The Balaban J connectivity index is 3.79.